The van der Waals surface area contributed by atoms with Crippen molar-refractivity contribution in [2.24, 2.45) is 0 Å². The Kier molecular flexibility index (Phi) is 5.80. The molecule has 0 bridgehead atoms. The van der Waals surface area contributed by atoms with Gasteiger partial charge < -0.3 is 10.1 Å². The summed E-state index contributed by atoms with van der Waals surface area (Å²) in [6.45, 7) is 0.324. The monoisotopic (exact) mass is 291 g/mol. The maximum Gasteiger partial charge on any atom is 0.305 e. The van der Waals surface area contributed by atoms with Crippen molar-refractivity contribution in [2.45, 2.75) is 12.8 Å². The summed E-state index contributed by atoms with van der Waals surface area (Å²) in [5, 5.41) is 9.66. The molecule has 0 saturated carbocycles. The van der Waals surface area contributed by atoms with Crippen LogP contribution < -0.4 is 5.32 Å². The average Bonchev–Trinajstić information content (AvgIpc) is 2.36. The highest BCUT2D eigenvalue weighted by Gasteiger charge is 2.12. The molecule has 1 aromatic rings. The third-order valence-corrected chi connectivity index (χ3v) is 2.50. The molecule has 1 N–H and O–H groups in total. The minimum atomic E-state index is -0.415. The highest BCUT2D eigenvalue weighted by atomic mass is 35.5. The van der Waals surface area contributed by atoms with E-state index in [9.17, 15) is 9.59 Å². The number of amides is 1. The molecule has 0 aliphatic heterocycles. The predicted molar refractivity (Wildman–Crippen MR) is 65.6 cm³/mol. The van der Waals surface area contributed by atoms with Crippen molar-refractivity contribution >= 4 is 35.1 Å². The normalized spacial score (nSPS) is 9.94. The first-order valence-corrected chi connectivity index (χ1v) is 5.84. The van der Waals surface area contributed by atoms with Crippen molar-refractivity contribution in [3.05, 3.63) is 21.9 Å². The lowest BCUT2D eigenvalue weighted by molar-refractivity contribution is -0.140. The number of aromatic nitrogens is 2. The van der Waals surface area contributed by atoms with Crippen LogP contribution in [0.5, 0.6) is 0 Å². The molecule has 0 unspecified atom stereocenters. The van der Waals surface area contributed by atoms with Crippen LogP contribution in [0.4, 0.5) is 0 Å². The molecule has 0 saturated heterocycles. The maximum atomic E-state index is 11.7. The van der Waals surface area contributed by atoms with Crippen molar-refractivity contribution in [1.29, 1.82) is 0 Å². The van der Waals surface area contributed by atoms with Gasteiger partial charge in [-0.25, -0.2) is 0 Å². The third-order valence-electron chi connectivity index (χ3n) is 2.03. The number of carbonyl (C=O) groups is 2. The number of esters is 1. The van der Waals surface area contributed by atoms with E-state index in [0.29, 0.717) is 13.0 Å². The second-order valence-corrected chi connectivity index (χ2v) is 4.05. The van der Waals surface area contributed by atoms with Gasteiger partial charge in [0.1, 0.15) is 0 Å². The number of hydrogen-bond acceptors (Lipinski definition) is 5. The second-order valence-electron chi connectivity index (χ2n) is 3.31. The van der Waals surface area contributed by atoms with Gasteiger partial charge in [-0.05, 0) is 12.5 Å². The smallest absolute Gasteiger partial charge is 0.305 e. The quantitative estimate of drug-likeness (QED) is 0.656. The number of nitrogens with one attached hydrogen (secondary N) is 1. The fraction of sp³-hybridized carbons (Fsp3) is 0.400. The molecule has 6 nitrogen and oxygen atoms in total. The topological polar surface area (TPSA) is 81.2 Å². The van der Waals surface area contributed by atoms with E-state index in [1.807, 2.05) is 0 Å². The molecule has 0 aliphatic carbocycles. The number of nitrogens with zero attached hydrogens (tertiary/aromatic N) is 2. The van der Waals surface area contributed by atoms with E-state index in [1.165, 1.54) is 13.2 Å². The Morgan fingerprint density at radius 1 is 1.39 bits per heavy atom. The van der Waals surface area contributed by atoms with Crippen LogP contribution in [0.1, 0.15) is 23.2 Å². The van der Waals surface area contributed by atoms with Crippen LogP contribution in [0, 0.1) is 0 Å². The van der Waals surface area contributed by atoms with E-state index in [0.717, 1.165) is 0 Å². The van der Waals surface area contributed by atoms with Gasteiger partial charge in [0.05, 0.1) is 12.7 Å². The maximum absolute atomic E-state index is 11.7. The van der Waals surface area contributed by atoms with E-state index in [1.54, 1.807) is 0 Å². The van der Waals surface area contributed by atoms with Gasteiger partial charge in [-0.1, -0.05) is 23.2 Å². The third kappa shape index (κ3) is 4.46. The van der Waals surface area contributed by atoms with Gasteiger partial charge in [0.2, 0.25) is 0 Å². The van der Waals surface area contributed by atoms with Crippen LogP contribution >= 0.6 is 23.2 Å². The number of ether oxygens (including phenoxy) is 1. The molecule has 0 radical (unpaired) electrons. The Balaban J connectivity index is 2.46. The Bertz CT molecular complexity index is 454. The van der Waals surface area contributed by atoms with E-state index >= 15 is 0 Å². The Morgan fingerprint density at radius 3 is 2.78 bits per heavy atom. The minimum absolute atomic E-state index is 0.0233. The molecule has 18 heavy (non-hydrogen) atoms. The number of rotatable bonds is 5. The highest BCUT2D eigenvalue weighted by molar-refractivity contribution is 6.34. The van der Waals surface area contributed by atoms with Gasteiger partial charge >= 0.3 is 5.97 Å². The fourth-order valence-electron chi connectivity index (χ4n) is 1.14. The fourth-order valence-corrected chi connectivity index (χ4v) is 1.47. The second kappa shape index (κ2) is 7.13. The Morgan fingerprint density at radius 2 is 2.11 bits per heavy atom. The average molecular weight is 292 g/mol. The standard InChI is InChI=1S/C10H11Cl2N3O3/c1-18-8(16)3-2-4-13-10(17)6-5-7(11)14-15-9(6)12/h5H,2-4H2,1H3,(H,13,17). The molecule has 1 rings (SSSR count). The largest absolute Gasteiger partial charge is 0.469 e. The first kappa shape index (κ1) is 14.7. The van der Waals surface area contributed by atoms with Crippen molar-refractivity contribution in [2.75, 3.05) is 13.7 Å². The zero-order valence-electron chi connectivity index (χ0n) is 9.57. The lowest BCUT2D eigenvalue weighted by Crippen LogP contribution is -2.25. The number of halogens is 2. The molecule has 1 aromatic heterocycles. The van der Waals surface area contributed by atoms with Crippen LogP contribution in [0.3, 0.4) is 0 Å². The summed E-state index contributed by atoms with van der Waals surface area (Å²) in [7, 11) is 1.31. The van der Waals surface area contributed by atoms with Crippen LogP contribution in [0.25, 0.3) is 0 Å². The van der Waals surface area contributed by atoms with Crippen molar-refractivity contribution in [1.82, 2.24) is 15.5 Å². The van der Waals surface area contributed by atoms with Gasteiger partial charge in [0, 0.05) is 13.0 Å². The van der Waals surface area contributed by atoms with Crippen molar-refractivity contribution < 1.29 is 14.3 Å². The summed E-state index contributed by atoms with van der Waals surface area (Å²) in [5.74, 6) is -0.738. The summed E-state index contributed by atoms with van der Waals surface area (Å²) < 4.78 is 4.47. The molecule has 8 heteroatoms. The Labute approximate surface area is 114 Å². The molecule has 0 aromatic carbocycles. The molecule has 0 fully saturated rings. The molecular weight excluding hydrogens is 281 g/mol. The lowest BCUT2D eigenvalue weighted by Gasteiger charge is -2.05. The van der Waals surface area contributed by atoms with Crippen LogP contribution in [-0.4, -0.2) is 35.7 Å². The van der Waals surface area contributed by atoms with Crippen LogP contribution in [-0.2, 0) is 9.53 Å². The summed E-state index contributed by atoms with van der Waals surface area (Å²) in [6.07, 6.45) is 0.710. The lowest BCUT2D eigenvalue weighted by atomic mass is 10.2. The first-order valence-electron chi connectivity index (χ1n) is 5.08. The van der Waals surface area contributed by atoms with Gasteiger partial charge in [0.15, 0.2) is 10.3 Å². The van der Waals surface area contributed by atoms with Crippen molar-refractivity contribution in [3.63, 3.8) is 0 Å². The SMILES string of the molecule is COC(=O)CCCNC(=O)c1cc(Cl)nnc1Cl. The molecule has 0 aliphatic rings. The van der Waals surface area contributed by atoms with Gasteiger partial charge in [-0.15, -0.1) is 10.2 Å². The highest BCUT2D eigenvalue weighted by Crippen LogP contribution is 2.14. The van der Waals surface area contributed by atoms with E-state index in [4.69, 9.17) is 23.2 Å². The predicted octanol–water partition coefficient (Wildman–Crippen LogP) is 1.47. The molecule has 0 spiro atoms. The van der Waals surface area contributed by atoms with E-state index in [-0.39, 0.29) is 28.3 Å². The van der Waals surface area contributed by atoms with Crippen LogP contribution in [0.2, 0.25) is 10.3 Å². The van der Waals surface area contributed by atoms with E-state index in [2.05, 4.69) is 20.3 Å². The van der Waals surface area contributed by atoms with Gasteiger partial charge in [-0.3, -0.25) is 9.59 Å². The molecule has 1 heterocycles. The van der Waals surface area contributed by atoms with Gasteiger partial charge in [-0.2, -0.15) is 0 Å². The number of methoxy groups -OCH3 is 1. The molecular formula is C10H11Cl2N3O3. The van der Waals surface area contributed by atoms with Crippen LogP contribution in [0.15, 0.2) is 6.07 Å². The molecule has 98 valence electrons. The summed E-state index contributed by atoms with van der Waals surface area (Å²) in [5.41, 5.74) is 0.148. The summed E-state index contributed by atoms with van der Waals surface area (Å²) in [6, 6.07) is 1.33. The Hall–Kier alpha value is -1.40. The van der Waals surface area contributed by atoms with E-state index < -0.39 is 5.91 Å². The van der Waals surface area contributed by atoms with Crippen molar-refractivity contribution in [3.8, 4) is 0 Å². The number of hydrogen-bond donors (Lipinski definition) is 1. The zero-order chi connectivity index (χ0) is 13.5. The summed E-state index contributed by atoms with van der Waals surface area (Å²) >= 11 is 11.3. The first-order chi connectivity index (χ1) is 8.54. The minimum Gasteiger partial charge on any atom is -0.469 e. The molecule has 0 atom stereocenters. The summed E-state index contributed by atoms with van der Waals surface area (Å²) in [4.78, 5) is 22.5. The zero-order valence-corrected chi connectivity index (χ0v) is 11.1. The van der Waals surface area contributed by atoms with Gasteiger partial charge in [0.25, 0.3) is 5.91 Å². The number of carbonyl (C=O) groups excluding carboxylic acids is 2. The molecule has 1 amide bonds.